The normalized spacial score (nSPS) is 30.2. The Bertz CT molecular complexity index is 142. The van der Waals surface area contributed by atoms with Gasteiger partial charge in [0.2, 0.25) is 0 Å². The third-order valence-corrected chi connectivity index (χ3v) is 3.40. The molecule has 0 radical (unpaired) electrons. The lowest BCUT2D eigenvalue weighted by atomic mass is 9.87. The summed E-state index contributed by atoms with van der Waals surface area (Å²) in [6.07, 6.45) is 2.79. The van der Waals surface area contributed by atoms with Crippen LogP contribution in [-0.4, -0.2) is 24.5 Å². The summed E-state index contributed by atoms with van der Waals surface area (Å²) >= 11 is 0. The van der Waals surface area contributed by atoms with Crippen LogP contribution in [0.2, 0.25) is 0 Å². The van der Waals surface area contributed by atoms with E-state index in [-0.39, 0.29) is 0 Å². The summed E-state index contributed by atoms with van der Waals surface area (Å²) in [6, 6.07) is 0. The molecule has 1 aliphatic rings. The first kappa shape index (κ1) is 11.0. The van der Waals surface area contributed by atoms with E-state index in [1.54, 1.807) is 0 Å². The van der Waals surface area contributed by atoms with E-state index in [0.29, 0.717) is 0 Å². The monoisotopic (exact) mass is 183 g/mol. The van der Waals surface area contributed by atoms with Crippen LogP contribution in [0.25, 0.3) is 0 Å². The fraction of sp³-hybridized carbons (Fsp3) is 1.00. The van der Waals surface area contributed by atoms with Crippen molar-refractivity contribution in [2.45, 2.75) is 40.5 Å². The molecule has 0 aromatic heterocycles. The van der Waals surface area contributed by atoms with Gasteiger partial charge >= 0.3 is 0 Å². The van der Waals surface area contributed by atoms with E-state index < -0.39 is 0 Å². The zero-order valence-corrected chi connectivity index (χ0v) is 9.71. The third-order valence-electron chi connectivity index (χ3n) is 3.40. The molecule has 1 aliphatic heterocycles. The summed E-state index contributed by atoms with van der Waals surface area (Å²) < 4.78 is 0. The van der Waals surface area contributed by atoms with Crippen LogP contribution >= 0.6 is 0 Å². The molecule has 1 saturated heterocycles. The highest BCUT2D eigenvalue weighted by molar-refractivity contribution is 4.83. The van der Waals surface area contributed by atoms with Gasteiger partial charge in [-0.1, -0.05) is 34.1 Å². The highest BCUT2D eigenvalue weighted by atomic mass is 15.1. The first-order valence-electron chi connectivity index (χ1n) is 5.89. The second kappa shape index (κ2) is 4.99. The average molecular weight is 183 g/mol. The molecule has 0 aromatic rings. The van der Waals surface area contributed by atoms with E-state index in [1.807, 2.05) is 0 Å². The summed E-state index contributed by atoms with van der Waals surface area (Å²) in [5.41, 5.74) is 0. The van der Waals surface area contributed by atoms with Gasteiger partial charge in [-0.2, -0.15) is 0 Å². The Morgan fingerprint density at radius 3 is 2.23 bits per heavy atom. The van der Waals surface area contributed by atoms with Gasteiger partial charge < -0.3 is 4.90 Å². The van der Waals surface area contributed by atoms with Crippen molar-refractivity contribution in [3.8, 4) is 0 Å². The lowest BCUT2D eigenvalue weighted by molar-refractivity contribution is 0.325. The molecule has 13 heavy (non-hydrogen) atoms. The molecule has 2 unspecified atom stereocenters. The summed E-state index contributed by atoms with van der Waals surface area (Å²) in [6.45, 7) is 13.3. The maximum absolute atomic E-state index is 2.61. The second-order valence-corrected chi connectivity index (χ2v) is 4.91. The molecule has 1 heterocycles. The molecule has 0 aromatic carbocycles. The average Bonchev–Trinajstić information content (AvgIpc) is 2.46. The van der Waals surface area contributed by atoms with Crippen LogP contribution in [0.5, 0.6) is 0 Å². The van der Waals surface area contributed by atoms with Crippen LogP contribution in [-0.2, 0) is 0 Å². The van der Waals surface area contributed by atoms with Gasteiger partial charge in [0, 0.05) is 13.1 Å². The van der Waals surface area contributed by atoms with Gasteiger partial charge in [-0.15, -0.1) is 0 Å². The molecule has 1 fully saturated rings. The molecule has 0 spiro atoms. The first-order chi connectivity index (χ1) is 6.17. The van der Waals surface area contributed by atoms with Gasteiger partial charge in [0.05, 0.1) is 0 Å². The Kier molecular flexibility index (Phi) is 4.24. The predicted octanol–water partition coefficient (Wildman–Crippen LogP) is 3.01. The van der Waals surface area contributed by atoms with Crippen molar-refractivity contribution in [2.24, 2.45) is 17.8 Å². The minimum atomic E-state index is 0.871. The molecule has 1 nitrogen and oxygen atoms in total. The maximum atomic E-state index is 2.61. The molecule has 0 N–H and O–H groups in total. The van der Waals surface area contributed by atoms with E-state index in [1.165, 1.54) is 32.5 Å². The number of likely N-dealkylation sites (tertiary alicyclic amines) is 1. The number of rotatable bonds is 4. The Hall–Kier alpha value is -0.0400. The molecule has 0 aliphatic carbocycles. The summed E-state index contributed by atoms with van der Waals surface area (Å²) in [5.74, 6) is 2.82. The molecule has 0 amide bonds. The molecule has 0 bridgehead atoms. The van der Waals surface area contributed by atoms with E-state index in [2.05, 4.69) is 32.6 Å². The molecule has 1 heteroatoms. The van der Waals surface area contributed by atoms with Crippen molar-refractivity contribution in [3.63, 3.8) is 0 Å². The van der Waals surface area contributed by atoms with E-state index in [0.717, 1.165) is 17.8 Å². The Morgan fingerprint density at radius 2 is 1.77 bits per heavy atom. The number of nitrogens with zero attached hydrogens (tertiary/aromatic N) is 1. The van der Waals surface area contributed by atoms with Crippen molar-refractivity contribution in [2.75, 3.05) is 19.6 Å². The minimum Gasteiger partial charge on any atom is -0.303 e. The topological polar surface area (TPSA) is 3.24 Å². The molecular weight excluding hydrogens is 158 g/mol. The smallest absolute Gasteiger partial charge is 0.00129 e. The van der Waals surface area contributed by atoms with Crippen molar-refractivity contribution in [1.82, 2.24) is 4.90 Å². The highest BCUT2D eigenvalue weighted by Gasteiger charge is 2.30. The zero-order valence-electron chi connectivity index (χ0n) is 9.71. The number of hydrogen-bond donors (Lipinski definition) is 0. The van der Waals surface area contributed by atoms with Gasteiger partial charge in [-0.25, -0.2) is 0 Å². The minimum absolute atomic E-state index is 0.871. The van der Waals surface area contributed by atoms with Gasteiger partial charge in [0.1, 0.15) is 0 Å². The Labute approximate surface area is 83.5 Å². The second-order valence-electron chi connectivity index (χ2n) is 4.91. The summed E-state index contributed by atoms with van der Waals surface area (Å²) in [5, 5.41) is 0. The summed E-state index contributed by atoms with van der Waals surface area (Å²) in [4.78, 5) is 2.61. The molecule has 0 saturated carbocycles. The molecular formula is C12H25N. The van der Waals surface area contributed by atoms with Crippen molar-refractivity contribution >= 4 is 0 Å². The third kappa shape index (κ3) is 2.98. The van der Waals surface area contributed by atoms with Gasteiger partial charge in [0.15, 0.2) is 0 Å². The van der Waals surface area contributed by atoms with Gasteiger partial charge in [-0.05, 0) is 30.7 Å². The number of hydrogen-bond acceptors (Lipinski definition) is 1. The maximum Gasteiger partial charge on any atom is 0.00129 e. The fourth-order valence-electron chi connectivity index (χ4n) is 2.63. The Balaban J connectivity index is 2.43. The largest absolute Gasteiger partial charge is 0.303 e. The standard InChI is InChI=1S/C12H25N/c1-5-11-8-13(6-2)9-12(11)7-10(3)4/h10-12H,5-9H2,1-4H3. The lowest BCUT2D eigenvalue weighted by Crippen LogP contribution is -2.20. The summed E-state index contributed by atoms with van der Waals surface area (Å²) in [7, 11) is 0. The van der Waals surface area contributed by atoms with E-state index in [4.69, 9.17) is 0 Å². The van der Waals surface area contributed by atoms with Crippen LogP contribution in [0.3, 0.4) is 0 Å². The van der Waals surface area contributed by atoms with E-state index >= 15 is 0 Å². The lowest BCUT2D eigenvalue weighted by Gasteiger charge is -2.18. The van der Waals surface area contributed by atoms with Crippen molar-refractivity contribution < 1.29 is 0 Å². The highest BCUT2D eigenvalue weighted by Crippen LogP contribution is 2.30. The van der Waals surface area contributed by atoms with Crippen molar-refractivity contribution in [3.05, 3.63) is 0 Å². The molecule has 78 valence electrons. The predicted molar refractivity (Wildman–Crippen MR) is 58.8 cm³/mol. The zero-order chi connectivity index (χ0) is 9.84. The first-order valence-corrected chi connectivity index (χ1v) is 5.89. The molecule has 2 atom stereocenters. The Morgan fingerprint density at radius 1 is 1.15 bits per heavy atom. The molecule has 1 rings (SSSR count). The fourth-order valence-corrected chi connectivity index (χ4v) is 2.63. The van der Waals surface area contributed by atoms with Crippen LogP contribution in [0.15, 0.2) is 0 Å². The van der Waals surface area contributed by atoms with Crippen LogP contribution in [0.1, 0.15) is 40.5 Å². The SMILES string of the molecule is CCC1CN(CC)CC1CC(C)C. The van der Waals surface area contributed by atoms with Crippen LogP contribution < -0.4 is 0 Å². The van der Waals surface area contributed by atoms with E-state index in [9.17, 15) is 0 Å². The van der Waals surface area contributed by atoms with Gasteiger partial charge in [-0.3, -0.25) is 0 Å². The van der Waals surface area contributed by atoms with Crippen LogP contribution in [0, 0.1) is 17.8 Å². The quantitative estimate of drug-likeness (QED) is 0.647. The van der Waals surface area contributed by atoms with Crippen LogP contribution in [0.4, 0.5) is 0 Å². The van der Waals surface area contributed by atoms with Crippen molar-refractivity contribution in [1.29, 1.82) is 0 Å². The van der Waals surface area contributed by atoms with Gasteiger partial charge in [0.25, 0.3) is 0 Å².